The highest BCUT2D eigenvalue weighted by Gasteiger charge is 2.42. The van der Waals surface area contributed by atoms with Crippen LogP contribution in [0.4, 0.5) is 0 Å². The molecule has 0 spiro atoms. The summed E-state index contributed by atoms with van der Waals surface area (Å²) < 4.78 is 21.6. The van der Waals surface area contributed by atoms with Crippen molar-refractivity contribution in [3.63, 3.8) is 0 Å². The largest absolute Gasteiger partial charge is 0.460 e. The molecule has 8 heteroatoms. The molecule has 2 aromatic rings. The maximum Gasteiger partial charge on any atom is 0.336 e. The van der Waals surface area contributed by atoms with E-state index in [-0.39, 0.29) is 31.7 Å². The first kappa shape index (κ1) is 23.5. The van der Waals surface area contributed by atoms with E-state index in [1.54, 1.807) is 7.11 Å². The minimum Gasteiger partial charge on any atom is -0.460 e. The summed E-state index contributed by atoms with van der Waals surface area (Å²) in [5, 5.41) is 3.99. The minimum atomic E-state index is -0.588. The molecule has 1 aliphatic carbocycles. The Bertz CT molecular complexity index is 1250. The molecule has 35 heavy (non-hydrogen) atoms. The Labute approximate surface area is 208 Å². The van der Waals surface area contributed by atoms with Crippen molar-refractivity contribution < 1.29 is 28.5 Å². The number of carbonyl (C=O) groups excluding carboxylic acids is 2. The Kier molecular flexibility index (Phi) is 6.54. The minimum absolute atomic E-state index is 0.0268. The van der Waals surface area contributed by atoms with E-state index < -0.39 is 11.9 Å². The third kappa shape index (κ3) is 4.42. The number of Topliss-reactive ketones (excluding diaryl/α,β-unsaturated/α-hetero) is 1. The first-order valence-electron chi connectivity index (χ1n) is 11.5. The van der Waals surface area contributed by atoms with E-state index in [1.165, 1.54) is 0 Å². The molecule has 2 heterocycles. The van der Waals surface area contributed by atoms with E-state index >= 15 is 0 Å². The number of nitrogens with one attached hydrogen (secondary N) is 1. The van der Waals surface area contributed by atoms with Crippen LogP contribution in [0, 0.1) is 0 Å². The zero-order valence-corrected chi connectivity index (χ0v) is 20.3. The van der Waals surface area contributed by atoms with Gasteiger partial charge in [-0.1, -0.05) is 35.9 Å². The summed E-state index contributed by atoms with van der Waals surface area (Å²) in [4.78, 5) is 26.9. The van der Waals surface area contributed by atoms with Crippen LogP contribution in [0.5, 0.6) is 11.5 Å². The highest BCUT2D eigenvalue weighted by atomic mass is 35.5. The Morgan fingerprint density at radius 1 is 1.11 bits per heavy atom. The maximum absolute atomic E-state index is 13.7. The first-order valence-corrected chi connectivity index (χ1v) is 11.9. The quantitative estimate of drug-likeness (QED) is 0.462. The van der Waals surface area contributed by atoms with Gasteiger partial charge >= 0.3 is 5.97 Å². The van der Waals surface area contributed by atoms with Crippen molar-refractivity contribution in [3.05, 3.63) is 81.2 Å². The number of carbonyl (C=O) groups is 2. The van der Waals surface area contributed by atoms with Crippen molar-refractivity contribution in [1.82, 2.24) is 5.32 Å². The number of halogens is 1. The van der Waals surface area contributed by atoms with E-state index in [2.05, 4.69) is 5.32 Å². The lowest BCUT2D eigenvalue weighted by molar-refractivity contribution is -0.140. The molecule has 2 aromatic carbocycles. The van der Waals surface area contributed by atoms with Gasteiger partial charge < -0.3 is 24.3 Å². The zero-order valence-electron chi connectivity index (χ0n) is 19.6. The number of rotatable bonds is 6. The van der Waals surface area contributed by atoms with Crippen LogP contribution < -0.4 is 14.8 Å². The van der Waals surface area contributed by atoms with Crippen molar-refractivity contribution in [2.75, 3.05) is 27.1 Å². The number of methoxy groups -OCH3 is 1. The van der Waals surface area contributed by atoms with Crippen LogP contribution in [0.15, 0.2) is 65.0 Å². The smallest absolute Gasteiger partial charge is 0.336 e. The van der Waals surface area contributed by atoms with Crippen LogP contribution in [0.3, 0.4) is 0 Å². The number of benzene rings is 2. The highest BCUT2D eigenvalue weighted by molar-refractivity contribution is 6.31. The van der Waals surface area contributed by atoms with Crippen LogP contribution in [0.25, 0.3) is 0 Å². The third-order valence-electron chi connectivity index (χ3n) is 6.64. The molecule has 0 saturated heterocycles. The van der Waals surface area contributed by atoms with Gasteiger partial charge in [0.25, 0.3) is 0 Å². The lowest BCUT2D eigenvalue weighted by Gasteiger charge is -2.37. The van der Waals surface area contributed by atoms with Crippen LogP contribution in [-0.2, 0) is 19.1 Å². The van der Waals surface area contributed by atoms with Crippen molar-refractivity contribution in [1.29, 1.82) is 0 Å². The average molecular weight is 496 g/mol. The van der Waals surface area contributed by atoms with Gasteiger partial charge in [-0.25, -0.2) is 4.79 Å². The van der Waals surface area contributed by atoms with Crippen molar-refractivity contribution >= 4 is 23.4 Å². The molecule has 2 aliphatic heterocycles. The summed E-state index contributed by atoms with van der Waals surface area (Å²) in [6.45, 7) is 2.37. The van der Waals surface area contributed by atoms with Gasteiger partial charge in [-0.05, 0) is 48.6 Å². The Hall–Kier alpha value is -3.29. The standard InChI is InChI=1S/C27H26ClNO6/c1-15-24(27(31)33-10-9-32-2)25(16-7-8-22-23(13-16)35-14-34-22)26-20(29-15)11-17(12-21(26)30)18-5-3-4-6-19(18)28/h3-8,13,17,25,29H,9-12,14H2,1-2H3/t17-,25-/m1/s1. The number of ketones is 1. The van der Waals surface area contributed by atoms with Crippen LogP contribution in [0.1, 0.15) is 42.7 Å². The lowest BCUT2D eigenvalue weighted by Crippen LogP contribution is -2.36. The van der Waals surface area contributed by atoms with E-state index in [4.69, 9.17) is 30.5 Å². The Morgan fingerprint density at radius 2 is 1.91 bits per heavy atom. The number of fused-ring (bicyclic) bond motifs is 1. The molecule has 0 amide bonds. The molecular weight excluding hydrogens is 470 g/mol. The molecule has 0 radical (unpaired) electrons. The Morgan fingerprint density at radius 3 is 2.71 bits per heavy atom. The number of dihydropyridines is 1. The lowest BCUT2D eigenvalue weighted by atomic mass is 9.71. The summed E-state index contributed by atoms with van der Waals surface area (Å²) in [5.41, 5.74) is 4.16. The molecule has 2 atom stereocenters. The average Bonchev–Trinajstić information content (AvgIpc) is 3.31. The molecular formula is C27H26ClNO6. The van der Waals surface area contributed by atoms with E-state index in [0.29, 0.717) is 46.2 Å². The fourth-order valence-electron chi connectivity index (χ4n) is 5.06. The fourth-order valence-corrected chi connectivity index (χ4v) is 5.35. The third-order valence-corrected chi connectivity index (χ3v) is 6.99. The fraction of sp³-hybridized carbons (Fsp3) is 0.333. The predicted molar refractivity (Wildman–Crippen MR) is 129 cm³/mol. The monoisotopic (exact) mass is 495 g/mol. The highest BCUT2D eigenvalue weighted by Crippen LogP contribution is 2.48. The second kappa shape index (κ2) is 9.76. The van der Waals surface area contributed by atoms with Gasteiger partial charge in [0.05, 0.1) is 12.2 Å². The van der Waals surface area contributed by atoms with Gasteiger partial charge in [0.15, 0.2) is 17.3 Å². The first-order chi connectivity index (χ1) is 17.0. The summed E-state index contributed by atoms with van der Waals surface area (Å²) in [7, 11) is 1.54. The summed E-state index contributed by atoms with van der Waals surface area (Å²) in [6.07, 6.45) is 0.908. The van der Waals surface area contributed by atoms with Gasteiger partial charge in [-0.15, -0.1) is 0 Å². The van der Waals surface area contributed by atoms with Crippen LogP contribution in [-0.4, -0.2) is 38.9 Å². The summed E-state index contributed by atoms with van der Waals surface area (Å²) >= 11 is 6.46. The molecule has 3 aliphatic rings. The van der Waals surface area contributed by atoms with Crippen molar-refractivity contribution in [2.45, 2.75) is 31.6 Å². The molecule has 7 nitrogen and oxygen atoms in total. The molecule has 0 aromatic heterocycles. The second-order valence-electron chi connectivity index (χ2n) is 8.78. The normalized spacial score (nSPS) is 21.1. The van der Waals surface area contributed by atoms with E-state index in [1.807, 2.05) is 49.4 Å². The number of allylic oxidation sites excluding steroid dienone is 3. The maximum atomic E-state index is 13.7. The predicted octanol–water partition coefficient (Wildman–Crippen LogP) is 4.62. The van der Waals surface area contributed by atoms with Gasteiger partial charge in [-0.3, -0.25) is 4.79 Å². The van der Waals surface area contributed by atoms with Crippen molar-refractivity contribution in [3.8, 4) is 11.5 Å². The molecule has 182 valence electrons. The number of ether oxygens (including phenoxy) is 4. The summed E-state index contributed by atoms with van der Waals surface area (Å²) in [6, 6.07) is 13.1. The number of hydrogen-bond acceptors (Lipinski definition) is 7. The summed E-state index contributed by atoms with van der Waals surface area (Å²) in [5.74, 6) is 0.0716. The molecule has 0 fully saturated rings. The molecule has 0 unspecified atom stereocenters. The number of esters is 1. The van der Waals surface area contributed by atoms with E-state index in [0.717, 1.165) is 16.8 Å². The zero-order chi connectivity index (χ0) is 24.5. The molecule has 5 rings (SSSR count). The van der Waals surface area contributed by atoms with Crippen molar-refractivity contribution in [2.24, 2.45) is 0 Å². The second-order valence-corrected chi connectivity index (χ2v) is 9.19. The molecule has 0 bridgehead atoms. The van der Waals surface area contributed by atoms with Crippen LogP contribution in [0.2, 0.25) is 5.02 Å². The topological polar surface area (TPSA) is 83.1 Å². The SMILES string of the molecule is COCCOC(=O)C1=C(C)NC2=C(C(=O)C[C@H](c3ccccc3Cl)C2)[C@@H]1c1ccc2c(c1)OCO2. The molecule has 1 N–H and O–H groups in total. The van der Waals surface area contributed by atoms with Gasteiger partial charge in [0, 0.05) is 41.4 Å². The van der Waals surface area contributed by atoms with E-state index in [9.17, 15) is 9.59 Å². The Balaban J connectivity index is 1.57. The van der Waals surface area contributed by atoms with Gasteiger partial charge in [0.1, 0.15) is 6.61 Å². The van der Waals surface area contributed by atoms with Crippen LogP contribution >= 0.6 is 11.6 Å². The van der Waals surface area contributed by atoms with Gasteiger partial charge in [-0.2, -0.15) is 0 Å². The molecule has 0 saturated carbocycles. The number of hydrogen-bond donors (Lipinski definition) is 1. The van der Waals surface area contributed by atoms with Gasteiger partial charge in [0.2, 0.25) is 6.79 Å².